The first kappa shape index (κ1) is 21.0. The van der Waals surface area contributed by atoms with Crippen molar-refractivity contribution in [2.24, 2.45) is 0 Å². The minimum Gasteiger partial charge on any atom is -0.324 e. The molecule has 0 spiro atoms. The minimum atomic E-state index is -3.63. The van der Waals surface area contributed by atoms with Gasteiger partial charge in [-0.25, -0.2) is 8.42 Å². The van der Waals surface area contributed by atoms with Crippen molar-refractivity contribution < 1.29 is 13.2 Å². The molecule has 0 aliphatic carbocycles. The number of nitrogens with one attached hydrogen (secondary N) is 1. The molecule has 1 amide bonds. The Morgan fingerprint density at radius 2 is 1.74 bits per heavy atom. The third-order valence-electron chi connectivity index (χ3n) is 4.43. The van der Waals surface area contributed by atoms with Gasteiger partial charge in [0.1, 0.15) is 6.04 Å². The lowest BCUT2D eigenvalue weighted by molar-refractivity contribution is -0.117. The Bertz CT molecular complexity index is 890. The molecule has 1 unspecified atom stereocenters. The standard InChI is InChI=1S/C21H28N2O3S/c1-6-20(21(24)22-18-12-10-17(11-13-18)15(2)3)23(27(5,25)26)19-9-7-8-16(4)14-19/h7-15,20H,6H2,1-5H3,(H,22,24). The molecule has 0 saturated carbocycles. The number of benzene rings is 2. The zero-order valence-corrected chi connectivity index (χ0v) is 17.4. The molecule has 0 fully saturated rings. The van der Waals surface area contributed by atoms with Crippen molar-refractivity contribution in [3.05, 3.63) is 59.7 Å². The van der Waals surface area contributed by atoms with Gasteiger partial charge in [-0.1, -0.05) is 45.0 Å². The van der Waals surface area contributed by atoms with Crippen molar-refractivity contribution in [2.75, 3.05) is 15.9 Å². The third kappa shape index (κ3) is 5.32. The summed E-state index contributed by atoms with van der Waals surface area (Å²) in [5.41, 5.74) is 3.26. The summed E-state index contributed by atoms with van der Waals surface area (Å²) >= 11 is 0. The first-order chi connectivity index (χ1) is 12.6. The maximum Gasteiger partial charge on any atom is 0.248 e. The number of amides is 1. The highest BCUT2D eigenvalue weighted by Gasteiger charge is 2.31. The number of nitrogens with zero attached hydrogens (tertiary/aromatic N) is 1. The number of rotatable bonds is 7. The second-order valence-corrected chi connectivity index (χ2v) is 8.95. The van der Waals surface area contributed by atoms with E-state index in [-0.39, 0.29) is 5.91 Å². The van der Waals surface area contributed by atoms with E-state index in [9.17, 15) is 13.2 Å². The lowest BCUT2D eigenvalue weighted by atomic mass is 10.0. The van der Waals surface area contributed by atoms with Crippen LogP contribution in [0.2, 0.25) is 0 Å². The zero-order chi connectivity index (χ0) is 20.2. The fraction of sp³-hybridized carbons (Fsp3) is 0.381. The summed E-state index contributed by atoms with van der Waals surface area (Å²) in [6, 6.07) is 14.0. The van der Waals surface area contributed by atoms with Gasteiger partial charge in [-0.15, -0.1) is 0 Å². The van der Waals surface area contributed by atoms with Gasteiger partial charge in [0.15, 0.2) is 0 Å². The van der Waals surface area contributed by atoms with Gasteiger partial charge in [0.05, 0.1) is 11.9 Å². The van der Waals surface area contributed by atoms with Crippen LogP contribution in [0.3, 0.4) is 0 Å². The molecule has 27 heavy (non-hydrogen) atoms. The molecule has 2 aromatic carbocycles. The van der Waals surface area contributed by atoms with Crippen LogP contribution in [-0.2, 0) is 14.8 Å². The van der Waals surface area contributed by atoms with E-state index in [4.69, 9.17) is 0 Å². The summed E-state index contributed by atoms with van der Waals surface area (Å²) < 4.78 is 26.1. The molecule has 0 aromatic heterocycles. The molecule has 0 bridgehead atoms. The van der Waals surface area contributed by atoms with E-state index < -0.39 is 16.1 Å². The summed E-state index contributed by atoms with van der Waals surface area (Å²) in [7, 11) is -3.63. The number of hydrogen-bond acceptors (Lipinski definition) is 3. The van der Waals surface area contributed by atoms with Crippen molar-refractivity contribution in [1.29, 1.82) is 0 Å². The molecule has 1 atom stereocenters. The van der Waals surface area contributed by atoms with Crippen molar-refractivity contribution in [2.45, 2.75) is 46.1 Å². The summed E-state index contributed by atoms with van der Waals surface area (Å²) in [6.45, 7) is 7.90. The van der Waals surface area contributed by atoms with Gasteiger partial charge < -0.3 is 5.32 Å². The number of carbonyl (C=O) groups excluding carboxylic acids is 1. The summed E-state index contributed by atoms with van der Waals surface area (Å²) in [4.78, 5) is 12.9. The second kappa shape index (κ2) is 8.57. The lowest BCUT2D eigenvalue weighted by Gasteiger charge is -2.30. The summed E-state index contributed by atoms with van der Waals surface area (Å²) in [5, 5.41) is 2.85. The van der Waals surface area contributed by atoms with Gasteiger partial charge in [-0.3, -0.25) is 9.10 Å². The molecule has 146 valence electrons. The van der Waals surface area contributed by atoms with E-state index in [1.165, 1.54) is 9.87 Å². The maximum absolute atomic E-state index is 12.9. The third-order valence-corrected chi connectivity index (χ3v) is 5.61. The Balaban J connectivity index is 2.31. The first-order valence-corrected chi connectivity index (χ1v) is 10.9. The predicted octanol–water partition coefficient (Wildman–Crippen LogP) is 4.30. The Kier molecular flexibility index (Phi) is 6.65. The highest BCUT2D eigenvalue weighted by Crippen LogP contribution is 2.24. The number of carbonyl (C=O) groups is 1. The van der Waals surface area contributed by atoms with Crippen LogP contribution in [0, 0.1) is 6.92 Å². The smallest absolute Gasteiger partial charge is 0.248 e. The van der Waals surface area contributed by atoms with E-state index >= 15 is 0 Å². The Labute approximate surface area is 162 Å². The van der Waals surface area contributed by atoms with Gasteiger partial charge >= 0.3 is 0 Å². The van der Waals surface area contributed by atoms with E-state index in [0.717, 1.165) is 11.8 Å². The van der Waals surface area contributed by atoms with Crippen LogP contribution < -0.4 is 9.62 Å². The fourth-order valence-electron chi connectivity index (χ4n) is 3.00. The topological polar surface area (TPSA) is 66.5 Å². The molecule has 0 saturated heterocycles. The average Bonchev–Trinajstić information content (AvgIpc) is 2.58. The van der Waals surface area contributed by atoms with Gasteiger partial charge in [-0.05, 0) is 54.7 Å². The first-order valence-electron chi connectivity index (χ1n) is 9.10. The molecule has 0 aliphatic heterocycles. The van der Waals surface area contributed by atoms with E-state index in [0.29, 0.717) is 23.7 Å². The normalized spacial score (nSPS) is 12.7. The molecule has 6 heteroatoms. The molecule has 2 aromatic rings. The number of aryl methyl sites for hydroxylation is 1. The Morgan fingerprint density at radius 3 is 2.22 bits per heavy atom. The monoisotopic (exact) mass is 388 g/mol. The highest BCUT2D eigenvalue weighted by atomic mass is 32.2. The lowest BCUT2D eigenvalue weighted by Crippen LogP contribution is -2.47. The summed E-state index contributed by atoms with van der Waals surface area (Å²) in [5.74, 6) is 0.0573. The minimum absolute atomic E-state index is 0.346. The van der Waals surface area contributed by atoms with Crippen LogP contribution in [0.1, 0.15) is 44.2 Å². The predicted molar refractivity (Wildman–Crippen MR) is 112 cm³/mol. The van der Waals surface area contributed by atoms with Gasteiger partial charge in [0, 0.05) is 5.69 Å². The SMILES string of the molecule is CCC(C(=O)Nc1ccc(C(C)C)cc1)N(c1cccc(C)c1)S(C)(=O)=O. The van der Waals surface area contributed by atoms with Crippen LogP contribution in [0.4, 0.5) is 11.4 Å². The molecule has 5 nitrogen and oxygen atoms in total. The second-order valence-electron chi connectivity index (χ2n) is 7.09. The highest BCUT2D eigenvalue weighted by molar-refractivity contribution is 7.92. The molecule has 0 heterocycles. The molecular formula is C21H28N2O3S. The van der Waals surface area contributed by atoms with E-state index in [1.54, 1.807) is 25.1 Å². The Morgan fingerprint density at radius 1 is 1.11 bits per heavy atom. The molecule has 0 radical (unpaired) electrons. The van der Waals surface area contributed by atoms with Crippen molar-refractivity contribution >= 4 is 27.3 Å². The van der Waals surface area contributed by atoms with Crippen molar-refractivity contribution in [3.8, 4) is 0 Å². The van der Waals surface area contributed by atoms with Crippen LogP contribution in [-0.4, -0.2) is 26.6 Å². The number of hydrogen-bond donors (Lipinski definition) is 1. The van der Waals surface area contributed by atoms with Crippen LogP contribution in [0.5, 0.6) is 0 Å². The maximum atomic E-state index is 12.9. The number of anilines is 2. The van der Waals surface area contributed by atoms with Gasteiger partial charge in [-0.2, -0.15) is 0 Å². The van der Waals surface area contributed by atoms with E-state index in [2.05, 4.69) is 19.2 Å². The number of sulfonamides is 1. The van der Waals surface area contributed by atoms with Crippen LogP contribution in [0.15, 0.2) is 48.5 Å². The quantitative estimate of drug-likeness (QED) is 0.769. The molecule has 2 rings (SSSR count). The molecule has 1 N–H and O–H groups in total. The van der Waals surface area contributed by atoms with Gasteiger partial charge in [0.25, 0.3) is 0 Å². The molecular weight excluding hydrogens is 360 g/mol. The molecule has 0 aliphatic rings. The van der Waals surface area contributed by atoms with Gasteiger partial charge in [0.2, 0.25) is 15.9 Å². The summed E-state index contributed by atoms with van der Waals surface area (Å²) in [6.07, 6.45) is 1.49. The fourth-order valence-corrected chi connectivity index (χ4v) is 4.21. The largest absolute Gasteiger partial charge is 0.324 e. The van der Waals surface area contributed by atoms with E-state index in [1.807, 2.05) is 37.3 Å². The zero-order valence-electron chi connectivity index (χ0n) is 16.6. The van der Waals surface area contributed by atoms with Crippen molar-refractivity contribution in [1.82, 2.24) is 0 Å². The average molecular weight is 389 g/mol. The van der Waals surface area contributed by atoms with Crippen molar-refractivity contribution in [3.63, 3.8) is 0 Å². The Hall–Kier alpha value is -2.34. The van der Waals surface area contributed by atoms with Crippen LogP contribution >= 0.6 is 0 Å². The van der Waals surface area contributed by atoms with Crippen LogP contribution in [0.25, 0.3) is 0 Å².